The van der Waals surface area contributed by atoms with Gasteiger partial charge in [-0.2, -0.15) is 0 Å². The van der Waals surface area contributed by atoms with E-state index in [1.807, 2.05) is 52.0 Å². The van der Waals surface area contributed by atoms with E-state index in [9.17, 15) is 54.7 Å². The van der Waals surface area contributed by atoms with E-state index in [-0.39, 0.29) is 129 Å². The molecule has 26 heteroatoms. The number of hydrogen-bond donors (Lipinski definition) is 0. The second-order valence-electron chi connectivity index (χ2n) is 24.2. The van der Waals surface area contributed by atoms with Gasteiger partial charge in [0.15, 0.2) is 42.6 Å². The number of rotatable bonds is 18. The van der Waals surface area contributed by atoms with E-state index in [1.165, 1.54) is 43.6 Å². The molecule has 8 aliphatic rings. The number of ether oxygens (including phenoxy) is 8. The number of aryl methyl sites for hydroxylation is 4. The Kier molecular flexibility index (Phi) is 28.1. The van der Waals surface area contributed by atoms with Crippen molar-refractivity contribution in [2.24, 2.45) is 35.5 Å². The van der Waals surface area contributed by atoms with Crippen LogP contribution in [0.3, 0.4) is 0 Å². The van der Waals surface area contributed by atoms with Crippen LogP contribution in [-0.2, 0) is 99.2 Å². The molecule has 8 fully saturated rings. The summed E-state index contributed by atoms with van der Waals surface area (Å²) in [6.45, 7) is 7.89. The average Bonchev–Trinajstić information content (AvgIpc) is 1.51. The Labute approximate surface area is 598 Å². The van der Waals surface area contributed by atoms with Crippen LogP contribution in [-0.4, -0.2) is 125 Å². The third kappa shape index (κ3) is 20.9. The fraction of sp³-hybridized carbons (Fsp3) is 0.400. The smallest absolute Gasteiger partial charge is 1.00 e. The molecule has 4 saturated carbocycles. The van der Waals surface area contributed by atoms with Gasteiger partial charge >= 0.3 is 65.4 Å². The van der Waals surface area contributed by atoms with Crippen molar-refractivity contribution in [3.63, 3.8) is 0 Å². The van der Waals surface area contributed by atoms with E-state index in [4.69, 9.17) is 28.4 Å². The van der Waals surface area contributed by atoms with Crippen molar-refractivity contribution in [3.8, 4) is 11.5 Å². The molecule has 0 spiro atoms. The number of halogens is 1. The Bertz CT molecular complexity index is 3530. The number of fused-ring (bicyclic) bond motifs is 2. The van der Waals surface area contributed by atoms with E-state index >= 15 is 0 Å². The van der Waals surface area contributed by atoms with Crippen molar-refractivity contribution >= 4 is 77.8 Å². The number of methoxy groups -OCH3 is 2. The minimum Gasteiger partial charge on any atom is -1.00 e. The van der Waals surface area contributed by atoms with Crippen molar-refractivity contribution in [2.45, 2.75) is 133 Å². The van der Waals surface area contributed by atoms with Gasteiger partial charge in [0.25, 0.3) is 0 Å². The first-order valence-electron chi connectivity index (χ1n) is 30.8. The molecule has 0 N–H and O–H groups in total. The molecule has 6 aromatic rings. The molecule has 10 atom stereocenters. The largest absolute Gasteiger partial charge is 1.00 e. The number of hydrogen-bond acceptors (Lipinski definition) is 20. The Morgan fingerprint density at radius 3 is 1.01 bits per heavy atom. The van der Waals surface area contributed by atoms with E-state index in [1.54, 1.807) is 0 Å². The zero-order valence-electron chi connectivity index (χ0n) is 54.3. The zero-order valence-corrected chi connectivity index (χ0v) is 61.1. The van der Waals surface area contributed by atoms with Crippen LogP contribution in [0.5, 0.6) is 11.5 Å². The molecule has 8 bridgehead atoms. The summed E-state index contributed by atoms with van der Waals surface area (Å²) in [7, 11) is -6.99. The molecule has 4 aliphatic heterocycles. The first-order chi connectivity index (χ1) is 44.8. The van der Waals surface area contributed by atoms with Gasteiger partial charge < -0.3 is 64.0 Å². The van der Waals surface area contributed by atoms with Crippen molar-refractivity contribution in [2.75, 3.05) is 38.9 Å². The standard InChI is InChI=1S/2C23H23O3S.2C12H16O7S.BrH.Na/c2*1-17-14-21(15-18(2)23(17)26-16-22(24)25-3)27(19-10-6-4-7-11-19)20-12-8-5-9-13-20;2*13-10(5-20(15,16)17)19-11-7-1-6-2-8(4-7)12(14)18-9(11)3-6;;/h2*4-15H,16H2,1-3H3;2*6-9,11H,1-5H2,(H,15,16,17);1H;/q2*+1;;;;+1/p-3. The van der Waals surface area contributed by atoms with E-state index in [0.29, 0.717) is 37.5 Å². The van der Waals surface area contributed by atoms with Crippen LogP contribution < -0.4 is 56.0 Å². The van der Waals surface area contributed by atoms with Gasteiger partial charge in [0.05, 0.1) is 47.8 Å². The molecule has 0 aromatic heterocycles. The summed E-state index contributed by atoms with van der Waals surface area (Å²) in [4.78, 5) is 77.0. The fourth-order valence-electron chi connectivity index (χ4n) is 13.5. The zero-order chi connectivity index (χ0) is 67.4. The van der Waals surface area contributed by atoms with Crippen LogP contribution in [0.15, 0.2) is 175 Å². The van der Waals surface area contributed by atoms with Gasteiger partial charge in [-0.05, 0) is 162 Å². The third-order valence-corrected chi connectivity index (χ3v) is 22.7. The summed E-state index contributed by atoms with van der Waals surface area (Å²) >= 11 is 0. The Morgan fingerprint density at radius 1 is 0.448 bits per heavy atom. The van der Waals surface area contributed by atoms with Crippen molar-refractivity contribution in [3.05, 3.63) is 168 Å². The molecule has 14 rings (SSSR count). The summed E-state index contributed by atoms with van der Waals surface area (Å²) in [5, 5.41) is 0. The van der Waals surface area contributed by atoms with Gasteiger partial charge in [0.1, 0.15) is 67.7 Å². The molecule has 10 unspecified atom stereocenters. The molecule has 4 heterocycles. The van der Waals surface area contributed by atoms with Gasteiger partial charge in [0, 0.05) is 36.1 Å². The Balaban J connectivity index is 0.000000181. The molecule has 4 saturated heterocycles. The SMILES string of the molecule is COC(=O)COc1c(C)cc([S+](c2ccccc2)c2ccccc2)cc1C.COC(=O)COc1c(C)cc([S+](c2ccccc2)c2ccccc2)cc1C.O=C(CS(=O)(=O)[O-])OC1C2CC3CC(C2)C(=O)OC1C3.O=C(CS(=O)(=O)[O-])OC1C2CC3CC(C2)C(=O)OC1C3.[Br-].[Na+]. The molecule has 508 valence electrons. The van der Waals surface area contributed by atoms with Crippen LogP contribution in [0.2, 0.25) is 0 Å². The van der Waals surface area contributed by atoms with Crippen LogP contribution >= 0.6 is 0 Å². The van der Waals surface area contributed by atoms with Gasteiger partial charge in [0.2, 0.25) is 0 Å². The molecule has 4 aliphatic carbocycles. The van der Waals surface area contributed by atoms with Gasteiger partial charge in [-0.1, -0.05) is 72.8 Å². The predicted molar refractivity (Wildman–Crippen MR) is 343 cm³/mol. The maximum Gasteiger partial charge on any atom is 1.00 e. The molecule has 0 radical (unpaired) electrons. The molecule has 20 nitrogen and oxygen atoms in total. The normalized spacial score (nSPS) is 22.4. The van der Waals surface area contributed by atoms with Gasteiger partial charge in [-0.15, -0.1) is 0 Å². The maximum atomic E-state index is 11.8. The number of carbonyl (C=O) groups is 6. The minimum atomic E-state index is -4.65. The van der Waals surface area contributed by atoms with Crippen LogP contribution in [0.25, 0.3) is 0 Å². The average molecular weight is 1470 g/mol. The number of esters is 6. The number of carbonyl (C=O) groups excluding carboxylic acids is 6. The summed E-state index contributed by atoms with van der Waals surface area (Å²) < 4.78 is 105. The molecule has 96 heavy (non-hydrogen) atoms. The predicted octanol–water partition coefficient (Wildman–Crippen LogP) is 3.52. The van der Waals surface area contributed by atoms with Crippen molar-refractivity contribution in [1.29, 1.82) is 0 Å². The monoisotopic (exact) mass is 1470 g/mol. The van der Waals surface area contributed by atoms with E-state index < -0.39 is 68.1 Å². The van der Waals surface area contributed by atoms with Crippen LogP contribution in [0, 0.1) is 63.2 Å². The maximum absolute atomic E-state index is 11.8. The minimum absolute atomic E-state index is 0. The van der Waals surface area contributed by atoms with Crippen LogP contribution in [0.1, 0.15) is 73.6 Å². The van der Waals surface area contributed by atoms with Gasteiger partial charge in [-0.3, -0.25) is 19.2 Å². The van der Waals surface area contributed by atoms with Crippen LogP contribution in [0.4, 0.5) is 0 Å². The van der Waals surface area contributed by atoms with E-state index in [0.717, 1.165) is 59.4 Å². The first-order valence-corrected chi connectivity index (χ1v) is 36.4. The summed E-state index contributed by atoms with van der Waals surface area (Å²) in [5.74, 6) is -3.72. The topological polar surface area (TPSA) is 291 Å². The second-order valence-corrected chi connectivity index (χ2v) is 31.0. The summed E-state index contributed by atoms with van der Waals surface area (Å²) in [6.07, 6.45) is 3.60. The first kappa shape index (κ1) is 77.1. The summed E-state index contributed by atoms with van der Waals surface area (Å²) in [5.41, 5.74) is 4.05. The van der Waals surface area contributed by atoms with Crippen molar-refractivity contribution in [1.82, 2.24) is 0 Å². The van der Waals surface area contributed by atoms with Crippen molar-refractivity contribution < 1.29 is 139 Å². The second kappa shape index (κ2) is 35.0. The molecular weight excluding hydrogens is 1390 g/mol. The van der Waals surface area contributed by atoms with Gasteiger partial charge in [-0.25, -0.2) is 26.4 Å². The molecule has 0 amide bonds. The fourth-order valence-corrected chi connectivity index (χ4v) is 18.7. The Hall–Kier alpha value is -6.26. The quantitative estimate of drug-likeness (QED) is 0.0391. The molecule has 6 aromatic carbocycles. The molecular formula is C70H76BrNaO20S4. The third-order valence-electron chi connectivity index (χ3n) is 17.2. The number of benzene rings is 6. The summed E-state index contributed by atoms with van der Waals surface area (Å²) in [6, 6.07) is 50.7. The Morgan fingerprint density at radius 2 is 0.740 bits per heavy atom. The van der Waals surface area contributed by atoms with E-state index in [2.05, 4.69) is 131 Å².